The number of nitrogens with zero attached hydrogens (tertiary/aromatic N) is 1. The van der Waals surface area contributed by atoms with Crippen LogP contribution >= 0.6 is 23.2 Å². The summed E-state index contributed by atoms with van der Waals surface area (Å²) < 4.78 is 11.2. The summed E-state index contributed by atoms with van der Waals surface area (Å²) in [5.41, 5.74) is 1.70. The third kappa shape index (κ3) is 6.78. The molecule has 0 aromatic heterocycles. The van der Waals surface area contributed by atoms with E-state index in [9.17, 15) is 9.59 Å². The van der Waals surface area contributed by atoms with Crippen molar-refractivity contribution in [3.63, 3.8) is 0 Å². The van der Waals surface area contributed by atoms with Crippen molar-refractivity contribution in [2.45, 2.75) is 58.7 Å². The van der Waals surface area contributed by atoms with Gasteiger partial charge in [0.15, 0.2) is 11.5 Å². The topological polar surface area (TPSA) is 67.9 Å². The van der Waals surface area contributed by atoms with Gasteiger partial charge in [0.05, 0.1) is 0 Å². The molecule has 0 saturated heterocycles. The number of hydrogen-bond acceptors (Lipinski definition) is 4. The largest absolute Gasteiger partial charge is 0.486 e. The van der Waals surface area contributed by atoms with Gasteiger partial charge in [-0.3, -0.25) is 9.59 Å². The second kappa shape index (κ2) is 11.6. The van der Waals surface area contributed by atoms with Crippen LogP contribution in [0.2, 0.25) is 10.0 Å². The minimum absolute atomic E-state index is 0.0220. The van der Waals surface area contributed by atoms with Gasteiger partial charge in [0.1, 0.15) is 19.3 Å². The number of halogens is 2. The van der Waals surface area contributed by atoms with E-state index in [2.05, 4.69) is 5.32 Å². The molecule has 3 rings (SSSR count). The molecule has 2 atom stereocenters. The molecular weight excluding hydrogens is 463 g/mol. The summed E-state index contributed by atoms with van der Waals surface area (Å²) in [6.45, 7) is 6.93. The van der Waals surface area contributed by atoms with Gasteiger partial charge >= 0.3 is 0 Å². The van der Waals surface area contributed by atoms with Gasteiger partial charge in [0.25, 0.3) is 0 Å². The van der Waals surface area contributed by atoms with Crippen molar-refractivity contribution in [1.82, 2.24) is 10.2 Å². The summed E-state index contributed by atoms with van der Waals surface area (Å²) in [5.74, 6) is 1.08. The van der Waals surface area contributed by atoms with Crippen molar-refractivity contribution in [2.75, 3.05) is 13.2 Å². The molecule has 2 amide bonds. The number of hydrogen-bond donors (Lipinski definition) is 1. The van der Waals surface area contributed by atoms with Crippen LogP contribution in [0, 0.1) is 0 Å². The van der Waals surface area contributed by atoms with Crippen molar-refractivity contribution in [3.8, 4) is 11.5 Å². The Morgan fingerprint density at radius 2 is 1.79 bits per heavy atom. The third-order valence-electron chi connectivity index (χ3n) is 5.76. The second-order valence-electron chi connectivity index (χ2n) is 8.23. The van der Waals surface area contributed by atoms with Crippen LogP contribution in [0.25, 0.3) is 0 Å². The van der Waals surface area contributed by atoms with E-state index in [0.717, 1.165) is 17.5 Å². The smallest absolute Gasteiger partial charge is 0.242 e. The highest BCUT2D eigenvalue weighted by atomic mass is 35.5. The Morgan fingerprint density at radius 3 is 2.48 bits per heavy atom. The molecular formula is C25H30Cl2N2O4. The highest BCUT2D eigenvalue weighted by molar-refractivity contribution is 6.35. The monoisotopic (exact) mass is 492 g/mol. The first-order chi connectivity index (χ1) is 15.8. The molecule has 0 radical (unpaired) electrons. The van der Waals surface area contributed by atoms with Crippen LogP contribution in [0.5, 0.6) is 11.5 Å². The van der Waals surface area contributed by atoms with E-state index in [1.807, 2.05) is 32.0 Å². The fourth-order valence-corrected chi connectivity index (χ4v) is 3.99. The van der Waals surface area contributed by atoms with E-state index in [1.54, 1.807) is 30.0 Å². The number of rotatable bonds is 9. The Hall–Kier alpha value is -2.44. The summed E-state index contributed by atoms with van der Waals surface area (Å²) in [4.78, 5) is 27.7. The van der Waals surface area contributed by atoms with Crippen LogP contribution < -0.4 is 14.8 Å². The lowest BCUT2D eigenvalue weighted by Gasteiger charge is -2.30. The highest BCUT2D eigenvalue weighted by Gasteiger charge is 2.27. The maximum atomic E-state index is 13.3. The number of carbonyl (C=O) groups is 2. The zero-order valence-corrected chi connectivity index (χ0v) is 20.7. The van der Waals surface area contributed by atoms with Crippen LogP contribution in [0.1, 0.15) is 44.7 Å². The number of amides is 2. The molecule has 178 valence electrons. The molecule has 1 heterocycles. The van der Waals surface area contributed by atoms with Crippen LogP contribution in [0.15, 0.2) is 36.4 Å². The van der Waals surface area contributed by atoms with E-state index >= 15 is 0 Å². The summed E-state index contributed by atoms with van der Waals surface area (Å²) in [6, 6.07) is 10.2. The van der Waals surface area contributed by atoms with Crippen molar-refractivity contribution in [2.24, 2.45) is 0 Å². The molecule has 0 bridgehead atoms. The number of ether oxygens (including phenoxy) is 2. The van der Waals surface area contributed by atoms with Gasteiger partial charge < -0.3 is 19.7 Å². The summed E-state index contributed by atoms with van der Waals surface area (Å²) >= 11 is 12.4. The van der Waals surface area contributed by atoms with Gasteiger partial charge in [0, 0.05) is 29.1 Å². The van der Waals surface area contributed by atoms with Crippen molar-refractivity contribution in [1.29, 1.82) is 0 Å². The number of nitrogens with one attached hydrogen (secondary N) is 1. The second-order valence-corrected chi connectivity index (χ2v) is 9.07. The van der Waals surface area contributed by atoms with Crippen LogP contribution in [-0.4, -0.2) is 42.0 Å². The Balaban J connectivity index is 1.75. The molecule has 1 aliphatic heterocycles. The molecule has 2 aromatic rings. The predicted molar refractivity (Wildman–Crippen MR) is 130 cm³/mol. The molecule has 0 unspecified atom stereocenters. The van der Waals surface area contributed by atoms with Gasteiger partial charge in [-0.15, -0.1) is 0 Å². The van der Waals surface area contributed by atoms with Crippen molar-refractivity contribution >= 4 is 35.0 Å². The maximum Gasteiger partial charge on any atom is 0.242 e. The van der Waals surface area contributed by atoms with Crippen LogP contribution in [0.4, 0.5) is 0 Å². The van der Waals surface area contributed by atoms with E-state index in [0.29, 0.717) is 41.2 Å². The standard InChI is InChI=1S/C25H30Cl2N2O4/c1-4-16(2)28-25(31)17(3)29(15-19-7-8-20(26)14-21(19)27)24(30)10-6-18-5-9-22-23(13-18)33-12-11-32-22/h5,7-9,13-14,16-17H,4,6,10-12,15H2,1-3H3,(H,28,31)/t16-,17-/m0/s1. The highest BCUT2D eigenvalue weighted by Crippen LogP contribution is 2.31. The first-order valence-electron chi connectivity index (χ1n) is 11.2. The SMILES string of the molecule is CC[C@H](C)NC(=O)[C@H](C)N(Cc1ccc(Cl)cc1Cl)C(=O)CCc1ccc2c(c1)OCCO2. The minimum Gasteiger partial charge on any atom is -0.486 e. The molecule has 0 spiro atoms. The molecule has 0 saturated carbocycles. The maximum absolute atomic E-state index is 13.3. The Bertz CT molecular complexity index is 998. The quantitative estimate of drug-likeness (QED) is 0.532. The van der Waals surface area contributed by atoms with Gasteiger partial charge in [-0.05, 0) is 62.1 Å². The van der Waals surface area contributed by atoms with Crippen LogP contribution in [-0.2, 0) is 22.6 Å². The number of carbonyl (C=O) groups excluding carboxylic acids is 2. The lowest BCUT2D eigenvalue weighted by molar-refractivity contribution is -0.140. The molecule has 0 fully saturated rings. The summed E-state index contributed by atoms with van der Waals surface area (Å²) in [5, 5.41) is 3.94. The average molecular weight is 493 g/mol. The van der Waals surface area contributed by atoms with Gasteiger partial charge in [-0.1, -0.05) is 42.3 Å². The first kappa shape index (κ1) is 25.2. The predicted octanol–water partition coefficient (Wildman–Crippen LogP) is 5.03. The third-order valence-corrected chi connectivity index (χ3v) is 6.35. The van der Waals surface area contributed by atoms with E-state index in [1.165, 1.54) is 0 Å². The number of benzene rings is 2. The Morgan fingerprint density at radius 1 is 1.06 bits per heavy atom. The minimum atomic E-state index is -0.654. The molecule has 1 N–H and O–H groups in total. The zero-order valence-electron chi connectivity index (χ0n) is 19.2. The number of aryl methyl sites for hydroxylation is 1. The fourth-order valence-electron chi connectivity index (χ4n) is 3.52. The number of fused-ring (bicyclic) bond motifs is 1. The fraction of sp³-hybridized carbons (Fsp3) is 0.440. The Kier molecular flexibility index (Phi) is 8.87. The van der Waals surface area contributed by atoms with E-state index in [-0.39, 0.29) is 30.8 Å². The molecule has 0 aliphatic carbocycles. The first-order valence-corrected chi connectivity index (χ1v) is 12.0. The summed E-state index contributed by atoms with van der Waals surface area (Å²) in [6.07, 6.45) is 1.56. The summed E-state index contributed by atoms with van der Waals surface area (Å²) in [7, 11) is 0. The van der Waals surface area contributed by atoms with Gasteiger partial charge in [0.2, 0.25) is 11.8 Å². The van der Waals surface area contributed by atoms with Gasteiger partial charge in [-0.25, -0.2) is 0 Å². The molecule has 33 heavy (non-hydrogen) atoms. The molecule has 6 nitrogen and oxygen atoms in total. The van der Waals surface area contributed by atoms with Crippen LogP contribution in [0.3, 0.4) is 0 Å². The average Bonchev–Trinajstić information content (AvgIpc) is 2.81. The lowest BCUT2D eigenvalue weighted by Crippen LogP contribution is -2.49. The van der Waals surface area contributed by atoms with Crippen molar-refractivity contribution < 1.29 is 19.1 Å². The lowest BCUT2D eigenvalue weighted by atomic mass is 10.1. The van der Waals surface area contributed by atoms with E-state index in [4.69, 9.17) is 32.7 Å². The van der Waals surface area contributed by atoms with Gasteiger partial charge in [-0.2, -0.15) is 0 Å². The van der Waals surface area contributed by atoms with E-state index < -0.39 is 6.04 Å². The molecule has 1 aliphatic rings. The Labute approximate surface area is 205 Å². The zero-order chi connectivity index (χ0) is 24.0. The normalized spacial score (nSPS) is 14.3. The van der Waals surface area contributed by atoms with Crippen molar-refractivity contribution in [3.05, 3.63) is 57.6 Å². The molecule has 2 aromatic carbocycles. The molecule has 8 heteroatoms.